The molecule has 2 aliphatic heterocycles. The second-order valence-corrected chi connectivity index (χ2v) is 9.30. The molecule has 1 aliphatic carbocycles. The highest BCUT2D eigenvalue weighted by molar-refractivity contribution is 5.91. The topological polar surface area (TPSA) is 75.4 Å². The van der Waals surface area contributed by atoms with Gasteiger partial charge < -0.3 is 9.80 Å². The van der Waals surface area contributed by atoms with E-state index in [1.165, 1.54) is 17.7 Å². The Morgan fingerprint density at radius 2 is 1.66 bits per heavy atom. The van der Waals surface area contributed by atoms with Gasteiger partial charge in [0.15, 0.2) is 0 Å². The van der Waals surface area contributed by atoms with E-state index in [1.807, 2.05) is 0 Å². The number of rotatable bonds is 5. The van der Waals surface area contributed by atoms with Crippen LogP contribution in [0.3, 0.4) is 0 Å². The number of anilines is 2. The first-order valence-corrected chi connectivity index (χ1v) is 11.7. The van der Waals surface area contributed by atoms with Gasteiger partial charge in [0.05, 0.1) is 10.4 Å². The van der Waals surface area contributed by atoms with Crippen molar-refractivity contribution in [1.82, 2.24) is 9.97 Å². The molecule has 32 heavy (non-hydrogen) atoms. The van der Waals surface area contributed by atoms with Crippen molar-refractivity contribution in [3.63, 3.8) is 0 Å². The summed E-state index contributed by atoms with van der Waals surface area (Å²) >= 11 is 0. The van der Waals surface area contributed by atoms with Crippen LogP contribution in [0.2, 0.25) is 0 Å². The Kier molecular flexibility index (Phi) is 4.70. The number of piperidine rings is 1. The largest absolute Gasteiger partial charge is 0.371 e. The number of nitro benzene ring substituents is 1. The number of nitro groups is 1. The van der Waals surface area contributed by atoms with Gasteiger partial charge in [0.2, 0.25) is 0 Å². The van der Waals surface area contributed by atoms with Crippen LogP contribution in [0.1, 0.15) is 55.3 Å². The molecule has 0 bridgehead atoms. The van der Waals surface area contributed by atoms with Crippen molar-refractivity contribution in [2.24, 2.45) is 0 Å². The molecular formula is C25H27N5O2. The van der Waals surface area contributed by atoms with Crippen molar-refractivity contribution in [1.29, 1.82) is 0 Å². The van der Waals surface area contributed by atoms with E-state index in [0.717, 1.165) is 74.4 Å². The lowest BCUT2D eigenvalue weighted by Crippen LogP contribution is -2.39. The molecular weight excluding hydrogens is 402 g/mol. The molecule has 0 amide bonds. The van der Waals surface area contributed by atoms with Crippen LogP contribution in [-0.4, -0.2) is 41.1 Å². The van der Waals surface area contributed by atoms with E-state index < -0.39 is 0 Å². The Labute approximate surface area is 187 Å². The lowest BCUT2D eigenvalue weighted by Gasteiger charge is -2.38. The van der Waals surface area contributed by atoms with Gasteiger partial charge in [-0.05, 0) is 55.7 Å². The molecule has 7 heteroatoms. The Morgan fingerprint density at radius 3 is 2.34 bits per heavy atom. The third kappa shape index (κ3) is 3.45. The third-order valence-corrected chi connectivity index (χ3v) is 7.20. The zero-order valence-electron chi connectivity index (χ0n) is 18.1. The van der Waals surface area contributed by atoms with Crippen molar-refractivity contribution in [3.05, 3.63) is 64.0 Å². The molecule has 6 rings (SSSR count). The van der Waals surface area contributed by atoms with Crippen molar-refractivity contribution >= 4 is 28.1 Å². The number of nitrogens with zero attached hydrogens (tertiary/aromatic N) is 5. The fourth-order valence-electron chi connectivity index (χ4n) is 5.08. The summed E-state index contributed by atoms with van der Waals surface area (Å²) in [6.07, 6.45) is 5.66. The van der Waals surface area contributed by atoms with Gasteiger partial charge >= 0.3 is 0 Å². The summed E-state index contributed by atoms with van der Waals surface area (Å²) in [6.45, 7) is 4.12. The van der Waals surface area contributed by atoms with Gasteiger partial charge in [-0.1, -0.05) is 18.2 Å². The first kappa shape index (κ1) is 19.5. The van der Waals surface area contributed by atoms with Crippen molar-refractivity contribution in [3.8, 4) is 0 Å². The summed E-state index contributed by atoms with van der Waals surface area (Å²) in [5, 5.41) is 12.2. The first-order valence-electron chi connectivity index (χ1n) is 11.7. The number of benzene rings is 2. The summed E-state index contributed by atoms with van der Waals surface area (Å²) in [5.41, 5.74) is 3.78. The van der Waals surface area contributed by atoms with Crippen molar-refractivity contribution < 1.29 is 4.92 Å². The Bertz CT molecular complexity index is 1180. The standard InChI is InChI=1S/C25H27N5O2/c31-30(32)19-8-9-22-21(16-19)25(27-24(26-22)18-6-7-18)29-14-10-17(11-15-29)20-4-1-2-5-23(20)28-12-3-13-28/h1-2,4-5,8-9,16-18H,3,6-7,10-15H2. The van der Waals surface area contributed by atoms with E-state index in [4.69, 9.17) is 9.97 Å². The lowest BCUT2D eigenvalue weighted by atomic mass is 9.87. The highest BCUT2D eigenvalue weighted by Gasteiger charge is 2.31. The molecule has 1 saturated carbocycles. The van der Waals surface area contributed by atoms with Crippen molar-refractivity contribution in [2.75, 3.05) is 36.0 Å². The van der Waals surface area contributed by atoms with E-state index in [2.05, 4.69) is 34.1 Å². The van der Waals surface area contributed by atoms with Gasteiger partial charge in [-0.25, -0.2) is 9.97 Å². The monoisotopic (exact) mass is 429 g/mol. The normalized spacial score (nSPS) is 19.2. The SMILES string of the molecule is O=[N+]([O-])c1ccc2nc(C3CC3)nc(N3CCC(c4ccccc4N4CCC4)CC3)c2c1. The molecule has 7 nitrogen and oxygen atoms in total. The molecule has 3 aliphatic rings. The minimum atomic E-state index is -0.336. The number of aromatic nitrogens is 2. The maximum Gasteiger partial charge on any atom is 0.270 e. The Balaban J connectivity index is 1.30. The molecule has 164 valence electrons. The van der Waals surface area contributed by atoms with Gasteiger partial charge in [0, 0.05) is 55.3 Å². The van der Waals surface area contributed by atoms with E-state index in [0.29, 0.717) is 11.8 Å². The zero-order chi connectivity index (χ0) is 21.7. The lowest BCUT2D eigenvalue weighted by molar-refractivity contribution is -0.384. The number of fused-ring (bicyclic) bond motifs is 1. The van der Waals surface area contributed by atoms with Crippen molar-refractivity contribution in [2.45, 2.75) is 43.9 Å². The van der Waals surface area contributed by atoms with Crippen LogP contribution in [-0.2, 0) is 0 Å². The van der Waals surface area contributed by atoms with E-state index in [9.17, 15) is 10.1 Å². The van der Waals surface area contributed by atoms with Crippen LogP contribution in [0.15, 0.2) is 42.5 Å². The fourth-order valence-corrected chi connectivity index (χ4v) is 5.08. The molecule has 3 fully saturated rings. The molecule has 2 aromatic carbocycles. The number of non-ortho nitro benzene ring substituents is 1. The summed E-state index contributed by atoms with van der Waals surface area (Å²) in [7, 11) is 0. The molecule has 3 aromatic rings. The van der Waals surface area contributed by atoms with Crippen LogP contribution in [0, 0.1) is 10.1 Å². The maximum absolute atomic E-state index is 11.4. The third-order valence-electron chi connectivity index (χ3n) is 7.20. The zero-order valence-corrected chi connectivity index (χ0v) is 18.1. The first-order chi connectivity index (χ1) is 15.7. The molecule has 0 atom stereocenters. The molecule has 1 aromatic heterocycles. The smallest absolute Gasteiger partial charge is 0.270 e. The predicted molar refractivity (Wildman–Crippen MR) is 126 cm³/mol. The average molecular weight is 430 g/mol. The number of hydrogen-bond acceptors (Lipinski definition) is 6. The average Bonchev–Trinajstić information content (AvgIpc) is 3.63. The molecule has 0 radical (unpaired) electrons. The Morgan fingerprint density at radius 1 is 0.875 bits per heavy atom. The minimum Gasteiger partial charge on any atom is -0.371 e. The predicted octanol–water partition coefficient (Wildman–Crippen LogP) is 5.01. The highest BCUT2D eigenvalue weighted by Crippen LogP contribution is 2.42. The van der Waals surface area contributed by atoms with E-state index >= 15 is 0 Å². The van der Waals surface area contributed by atoms with Gasteiger partial charge in [0.25, 0.3) is 5.69 Å². The molecule has 2 saturated heterocycles. The molecule has 3 heterocycles. The van der Waals surface area contributed by atoms with Crippen LogP contribution in [0.5, 0.6) is 0 Å². The van der Waals surface area contributed by atoms with E-state index in [1.54, 1.807) is 18.2 Å². The summed E-state index contributed by atoms with van der Waals surface area (Å²) in [4.78, 5) is 25.5. The van der Waals surface area contributed by atoms with Gasteiger partial charge in [0.1, 0.15) is 11.6 Å². The Hall–Kier alpha value is -3.22. The summed E-state index contributed by atoms with van der Waals surface area (Å²) in [5.74, 6) is 2.74. The summed E-state index contributed by atoms with van der Waals surface area (Å²) in [6, 6.07) is 13.8. The minimum absolute atomic E-state index is 0.0971. The van der Waals surface area contributed by atoms with E-state index in [-0.39, 0.29) is 10.6 Å². The quantitative estimate of drug-likeness (QED) is 0.419. The number of para-hydroxylation sites is 1. The van der Waals surface area contributed by atoms with Gasteiger partial charge in [-0.15, -0.1) is 0 Å². The molecule has 0 spiro atoms. The van der Waals surface area contributed by atoms with Crippen LogP contribution in [0.4, 0.5) is 17.2 Å². The van der Waals surface area contributed by atoms with Crippen LogP contribution < -0.4 is 9.80 Å². The maximum atomic E-state index is 11.4. The summed E-state index contributed by atoms with van der Waals surface area (Å²) < 4.78 is 0. The van der Waals surface area contributed by atoms with Crippen LogP contribution >= 0.6 is 0 Å². The second-order valence-electron chi connectivity index (χ2n) is 9.30. The molecule has 0 N–H and O–H groups in total. The number of hydrogen-bond donors (Lipinski definition) is 0. The van der Waals surface area contributed by atoms with Crippen LogP contribution in [0.25, 0.3) is 10.9 Å². The second kappa shape index (κ2) is 7.73. The molecule has 0 unspecified atom stereocenters. The fraction of sp³-hybridized carbons (Fsp3) is 0.440. The van der Waals surface area contributed by atoms with Gasteiger partial charge in [-0.2, -0.15) is 0 Å². The van der Waals surface area contributed by atoms with Gasteiger partial charge in [-0.3, -0.25) is 10.1 Å². The highest BCUT2D eigenvalue weighted by atomic mass is 16.6.